The van der Waals surface area contributed by atoms with Crippen LogP contribution < -0.4 is 15.0 Å². The monoisotopic (exact) mass is 467 g/mol. The molecule has 6 nitrogen and oxygen atoms in total. The van der Waals surface area contributed by atoms with E-state index < -0.39 is 5.60 Å². The summed E-state index contributed by atoms with van der Waals surface area (Å²) in [5, 5.41) is 5.08. The molecule has 0 spiro atoms. The summed E-state index contributed by atoms with van der Waals surface area (Å²) in [4.78, 5) is 18.1. The molecule has 0 atom stereocenters. The number of ether oxygens (including phenoxy) is 2. The molecule has 0 bridgehead atoms. The lowest BCUT2D eigenvalue weighted by Gasteiger charge is -2.25. The van der Waals surface area contributed by atoms with Crippen molar-refractivity contribution in [3.05, 3.63) is 101 Å². The Morgan fingerprint density at radius 3 is 2.46 bits per heavy atom. The first-order chi connectivity index (χ1) is 16.8. The second-order valence-corrected chi connectivity index (χ2v) is 9.10. The number of hydrogen-bond acceptors (Lipinski definition) is 5. The fraction of sp³-hybridized carbons (Fsp3) is 0.207. The molecule has 0 fully saturated rings. The van der Waals surface area contributed by atoms with E-state index in [2.05, 4.69) is 11.7 Å². The van der Waals surface area contributed by atoms with Crippen molar-refractivity contribution >= 4 is 17.1 Å². The Morgan fingerprint density at radius 1 is 1.06 bits per heavy atom. The van der Waals surface area contributed by atoms with Gasteiger partial charge in [-0.2, -0.15) is 9.78 Å². The standard InChI is InChI=1S/C29H29N3O3/c1-6-12-22-17-20(18-25(34-5)26(22)35-29(2,3)4)19-30-32-27(21-13-8-7-9-14-21)31-24-16-11-10-15-23(24)28(32)33/h6-11,13-19H,1,12H2,2-5H3. The SMILES string of the molecule is C=CCc1cc(C=Nn2c(-c3ccccc3)nc3ccccc3c2=O)cc(OC)c1OC(C)(C)C. The van der Waals surface area contributed by atoms with Gasteiger partial charge in [0.25, 0.3) is 5.56 Å². The largest absolute Gasteiger partial charge is 0.493 e. The van der Waals surface area contributed by atoms with Crippen LogP contribution in [0.25, 0.3) is 22.3 Å². The average molecular weight is 468 g/mol. The maximum absolute atomic E-state index is 13.4. The van der Waals surface area contributed by atoms with Crippen molar-refractivity contribution < 1.29 is 9.47 Å². The van der Waals surface area contributed by atoms with E-state index in [1.165, 1.54) is 4.68 Å². The number of hydrogen-bond donors (Lipinski definition) is 0. The quantitative estimate of drug-likeness (QED) is 0.252. The van der Waals surface area contributed by atoms with Gasteiger partial charge in [0.1, 0.15) is 5.60 Å². The molecule has 1 aromatic heterocycles. The molecule has 0 aliphatic heterocycles. The van der Waals surface area contributed by atoms with Crippen molar-refractivity contribution in [1.29, 1.82) is 0 Å². The van der Waals surface area contributed by atoms with Crippen LogP contribution in [0.2, 0.25) is 0 Å². The van der Waals surface area contributed by atoms with Crippen molar-refractivity contribution in [3.63, 3.8) is 0 Å². The molecule has 0 unspecified atom stereocenters. The highest BCUT2D eigenvalue weighted by Crippen LogP contribution is 2.35. The van der Waals surface area contributed by atoms with Gasteiger partial charge in [0, 0.05) is 11.1 Å². The number of rotatable bonds is 7. The summed E-state index contributed by atoms with van der Waals surface area (Å²) < 4.78 is 13.2. The predicted octanol–water partition coefficient (Wildman–Crippen LogP) is 5.86. The molecular formula is C29H29N3O3. The van der Waals surface area contributed by atoms with Crippen LogP contribution >= 0.6 is 0 Å². The number of aromatic nitrogens is 2. The van der Waals surface area contributed by atoms with Crippen molar-refractivity contribution in [1.82, 2.24) is 9.66 Å². The van der Waals surface area contributed by atoms with E-state index >= 15 is 0 Å². The Kier molecular flexibility index (Phi) is 6.82. The first-order valence-corrected chi connectivity index (χ1v) is 11.4. The molecule has 1 heterocycles. The van der Waals surface area contributed by atoms with E-state index in [9.17, 15) is 4.79 Å². The molecule has 0 N–H and O–H groups in total. The van der Waals surface area contributed by atoms with Crippen molar-refractivity contribution in [3.8, 4) is 22.9 Å². The van der Waals surface area contributed by atoms with Crippen molar-refractivity contribution in [2.75, 3.05) is 7.11 Å². The second-order valence-electron chi connectivity index (χ2n) is 9.10. The molecule has 178 valence electrons. The third kappa shape index (κ3) is 5.32. The third-order valence-corrected chi connectivity index (χ3v) is 5.25. The zero-order valence-electron chi connectivity index (χ0n) is 20.5. The minimum absolute atomic E-state index is 0.239. The lowest BCUT2D eigenvalue weighted by molar-refractivity contribution is 0.124. The molecule has 0 radical (unpaired) electrons. The smallest absolute Gasteiger partial charge is 0.282 e. The maximum atomic E-state index is 13.4. The summed E-state index contributed by atoms with van der Waals surface area (Å²) in [5.74, 6) is 1.73. The van der Waals surface area contributed by atoms with Gasteiger partial charge in [-0.15, -0.1) is 6.58 Å². The number of nitrogens with zero attached hydrogens (tertiary/aromatic N) is 3. The van der Waals surface area contributed by atoms with Crippen LogP contribution in [0.5, 0.6) is 11.5 Å². The average Bonchev–Trinajstić information content (AvgIpc) is 2.84. The van der Waals surface area contributed by atoms with Gasteiger partial charge in [0.05, 0.1) is 24.2 Å². The number of allylic oxidation sites excluding steroid dienone is 1. The highest BCUT2D eigenvalue weighted by molar-refractivity contribution is 5.83. The molecular weight excluding hydrogens is 438 g/mol. The molecule has 0 saturated carbocycles. The highest BCUT2D eigenvalue weighted by atomic mass is 16.5. The van der Waals surface area contributed by atoms with Gasteiger partial charge in [0.15, 0.2) is 17.3 Å². The summed E-state index contributed by atoms with van der Waals surface area (Å²) in [5.41, 5.74) is 2.47. The van der Waals surface area contributed by atoms with Gasteiger partial charge in [-0.3, -0.25) is 4.79 Å². The fourth-order valence-corrected chi connectivity index (χ4v) is 3.77. The van der Waals surface area contributed by atoms with Crippen LogP contribution in [-0.2, 0) is 6.42 Å². The Balaban J connectivity index is 1.87. The second kappa shape index (κ2) is 9.97. The van der Waals surface area contributed by atoms with E-state index in [0.717, 1.165) is 16.7 Å². The first-order valence-electron chi connectivity index (χ1n) is 11.4. The topological polar surface area (TPSA) is 65.7 Å². The molecule has 4 aromatic rings. The van der Waals surface area contributed by atoms with E-state index in [1.54, 1.807) is 19.4 Å². The number of fused-ring (bicyclic) bond motifs is 1. The third-order valence-electron chi connectivity index (χ3n) is 5.25. The molecule has 6 heteroatoms. The zero-order valence-corrected chi connectivity index (χ0v) is 20.5. The summed E-state index contributed by atoms with van der Waals surface area (Å²) in [7, 11) is 1.61. The molecule has 0 saturated heterocycles. The molecule has 35 heavy (non-hydrogen) atoms. The van der Waals surface area contributed by atoms with Gasteiger partial charge in [-0.05, 0) is 57.0 Å². The van der Waals surface area contributed by atoms with Gasteiger partial charge in [-0.1, -0.05) is 48.5 Å². The van der Waals surface area contributed by atoms with Gasteiger partial charge >= 0.3 is 0 Å². The predicted molar refractivity (Wildman–Crippen MR) is 142 cm³/mol. The molecule has 0 aliphatic rings. The molecule has 4 rings (SSSR count). The lowest BCUT2D eigenvalue weighted by Crippen LogP contribution is -2.24. The van der Waals surface area contributed by atoms with E-state index in [4.69, 9.17) is 14.5 Å². The number of para-hydroxylation sites is 1. The first kappa shape index (κ1) is 24.0. The maximum Gasteiger partial charge on any atom is 0.282 e. The van der Waals surface area contributed by atoms with Crippen LogP contribution in [0.1, 0.15) is 31.9 Å². The van der Waals surface area contributed by atoms with Gasteiger partial charge < -0.3 is 9.47 Å². The zero-order chi connectivity index (χ0) is 25.0. The minimum Gasteiger partial charge on any atom is -0.493 e. The Morgan fingerprint density at radius 2 is 1.77 bits per heavy atom. The van der Waals surface area contributed by atoms with Crippen LogP contribution in [0.15, 0.2) is 89.3 Å². The highest BCUT2D eigenvalue weighted by Gasteiger charge is 2.19. The Bertz CT molecular complexity index is 1450. The van der Waals surface area contributed by atoms with Gasteiger partial charge in [0.2, 0.25) is 0 Å². The van der Waals surface area contributed by atoms with Gasteiger partial charge in [-0.25, -0.2) is 4.98 Å². The normalized spacial score (nSPS) is 11.7. The summed E-state index contributed by atoms with van der Waals surface area (Å²) in [6.45, 7) is 9.84. The van der Waals surface area contributed by atoms with E-state index in [1.807, 2.05) is 87.5 Å². The molecule has 0 amide bonds. The summed E-state index contributed by atoms with van der Waals surface area (Å²) in [6.07, 6.45) is 4.05. The summed E-state index contributed by atoms with van der Waals surface area (Å²) in [6, 6.07) is 20.6. The van der Waals surface area contributed by atoms with Crippen molar-refractivity contribution in [2.45, 2.75) is 32.8 Å². The van der Waals surface area contributed by atoms with Crippen LogP contribution in [0.4, 0.5) is 0 Å². The van der Waals surface area contributed by atoms with E-state index in [-0.39, 0.29) is 5.56 Å². The molecule has 0 aliphatic carbocycles. The van der Waals surface area contributed by atoms with Crippen LogP contribution in [0.3, 0.4) is 0 Å². The summed E-state index contributed by atoms with van der Waals surface area (Å²) >= 11 is 0. The number of methoxy groups -OCH3 is 1. The lowest BCUT2D eigenvalue weighted by atomic mass is 10.0. The minimum atomic E-state index is -0.395. The Labute approximate surface area is 205 Å². The molecule has 3 aromatic carbocycles. The number of benzene rings is 3. The van der Waals surface area contributed by atoms with Crippen LogP contribution in [-0.4, -0.2) is 28.6 Å². The fourth-order valence-electron chi connectivity index (χ4n) is 3.77. The van der Waals surface area contributed by atoms with E-state index in [0.29, 0.717) is 34.6 Å². The van der Waals surface area contributed by atoms with Crippen LogP contribution in [0, 0.1) is 0 Å². The van der Waals surface area contributed by atoms with Crippen molar-refractivity contribution in [2.24, 2.45) is 5.10 Å². The Hall–Kier alpha value is -4.19.